The van der Waals surface area contributed by atoms with Gasteiger partial charge in [-0.1, -0.05) is 11.6 Å². The Labute approximate surface area is 143 Å². The maximum Gasteiger partial charge on any atom is 0.307 e. The van der Waals surface area contributed by atoms with Crippen LogP contribution in [-0.4, -0.2) is 55.5 Å². The highest BCUT2D eigenvalue weighted by molar-refractivity contribution is 6.31. The molecule has 0 bridgehead atoms. The lowest BCUT2D eigenvalue weighted by Gasteiger charge is -2.33. The molecular weight excluding hydrogens is 341 g/mol. The molecule has 2 N–H and O–H groups in total. The number of carbonyl (C=O) groups is 3. The average Bonchev–Trinajstić information content (AvgIpc) is 2.54. The van der Waals surface area contributed by atoms with E-state index < -0.39 is 23.7 Å². The Bertz CT molecular complexity index is 656. The zero-order valence-electron chi connectivity index (χ0n) is 13.0. The van der Waals surface area contributed by atoms with Crippen LogP contribution in [0.15, 0.2) is 18.2 Å². The highest BCUT2D eigenvalue weighted by Gasteiger charge is 2.33. The molecule has 9 heteroatoms. The molecule has 1 saturated heterocycles. The standard InChI is InChI=1S/C15H17ClFN3O4/c1-24-14(22)7-12-15(23)18-4-5-20(12)8-13(21)19-9-2-3-11(17)10(16)6-9/h2-3,6,12H,4-5,7-8H2,1H3,(H,18,23)(H,19,21)/t12-/m0/s1. The summed E-state index contributed by atoms with van der Waals surface area (Å²) in [4.78, 5) is 37.1. The maximum atomic E-state index is 13.1. The third kappa shape index (κ3) is 4.65. The van der Waals surface area contributed by atoms with Crippen molar-refractivity contribution in [3.8, 4) is 0 Å². The summed E-state index contributed by atoms with van der Waals surface area (Å²) in [5.41, 5.74) is 0.345. The molecule has 0 aromatic heterocycles. The zero-order chi connectivity index (χ0) is 17.7. The van der Waals surface area contributed by atoms with E-state index in [1.54, 1.807) is 4.90 Å². The van der Waals surface area contributed by atoms with Gasteiger partial charge in [-0.25, -0.2) is 4.39 Å². The van der Waals surface area contributed by atoms with E-state index in [1.807, 2.05) is 0 Å². The van der Waals surface area contributed by atoms with Gasteiger partial charge in [0, 0.05) is 18.8 Å². The van der Waals surface area contributed by atoms with Gasteiger partial charge in [-0.2, -0.15) is 0 Å². The fourth-order valence-corrected chi connectivity index (χ4v) is 2.55. The summed E-state index contributed by atoms with van der Waals surface area (Å²) in [6.07, 6.45) is -0.141. The van der Waals surface area contributed by atoms with Crippen LogP contribution in [-0.2, 0) is 19.1 Å². The summed E-state index contributed by atoms with van der Waals surface area (Å²) in [7, 11) is 1.23. The molecule has 0 saturated carbocycles. The molecule has 1 aromatic carbocycles. The number of benzene rings is 1. The minimum atomic E-state index is -0.770. The topological polar surface area (TPSA) is 87.7 Å². The second-order valence-corrected chi connectivity index (χ2v) is 5.64. The number of halogens is 2. The predicted molar refractivity (Wildman–Crippen MR) is 85.0 cm³/mol. The molecule has 1 fully saturated rings. The maximum absolute atomic E-state index is 13.1. The Kier molecular flexibility index (Phi) is 6.10. The van der Waals surface area contributed by atoms with Crippen LogP contribution in [0.4, 0.5) is 10.1 Å². The molecule has 0 spiro atoms. The zero-order valence-corrected chi connectivity index (χ0v) is 13.7. The molecule has 1 aliphatic rings. The Morgan fingerprint density at radius 1 is 1.50 bits per heavy atom. The van der Waals surface area contributed by atoms with Gasteiger partial charge in [0.2, 0.25) is 11.8 Å². The molecule has 1 aliphatic heterocycles. The number of methoxy groups -OCH3 is 1. The van der Waals surface area contributed by atoms with Crippen molar-refractivity contribution in [2.75, 3.05) is 32.1 Å². The van der Waals surface area contributed by atoms with E-state index in [-0.39, 0.29) is 23.9 Å². The molecule has 0 radical (unpaired) electrons. The van der Waals surface area contributed by atoms with Crippen molar-refractivity contribution in [1.29, 1.82) is 0 Å². The van der Waals surface area contributed by atoms with E-state index in [1.165, 1.54) is 19.2 Å². The number of hydrogen-bond donors (Lipinski definition) is 2. The summed E-state index contributed by atoms with van der Waals surface area (Å²) in [6, 6.07) is 3.05. The van der Waals surface area contributed by atoms with Gasteiger partial charge < -0.3 is 15.4 Å². The van der Waals surface area contributed by atoms with Crippen LogP contribution >= 0.6 is 11.6 Å². The number of piperazine rings is 1. The molecule has 130 valence electrons. The Morgan fingerprint density at radius 2 is 2.25 bits per heavy atom. The van der Waals surface area contributed by atoms with Crippen LogP contribution in [0.5, 0.6) is 0 Å². The predicted octanol–water partition coefficient (Wildman–Crippen LogP) is 0.781. The van der Waals surface area contributed by atoms with Crippen molar-refractivity contribution in [3.63, 3.8) is 0 Å². The lowest BCUT2D eigenvalue weighted by molar-refractivity contribution is -0.146. The molecular formula is C15H17ClFN3O4. The fraction of sp³-hybridized carbons (Fsp3) is 0.400. The van der Waals surface area contributed by atoms with Crippen molar-refractivity contribution < 1.29 is 23.5 Å². The van der Waals surface area contributed by atoms with Crippen molar-refractivity contribution in [2.24, 2.45) is 0 Å². The number of anilines is 1. The fourth-order valence-electron chi connectivity index (χ4n) is 2.37. The van der Waals surface area contributed by atoms with Crippen LogP contribution < -0.4 is 10.6 Å². The molecule has 0 aliphatic carbocycles. The molecule has 1 atom stereocenters. The van der Waals surface area contributed by atoms with Gasteiger partial charge in [0.15, 0.2) is 0 Å². The number of esters is 1. The Hall–Kier alpha value is -2.19. The van der Waals surface area contributed by atoms with Crippen LogP contribution in [0.3, 0.4) is 0 Å². The van der Waals surface area contributed by atoms with Crippen LogP contribution in [0.25, 0.3) is 0 Å². The average molecular weight is 358 g/mol. The Balaban J connectivity index is 2.00. The van der Waals surface area contributed by atoms with E-state index in [9.17, 15) is 18.8 Å². The number of hydrogen-bond acceptors (Lipinski definition) is 5. The third-order valence-electron chi connectivity index (χ3n) is 3.58. The number of rotatable bonds is 5. The summed E-state index contributed by atoms with van der Waals surface area (Å²) in [5, 5.41) is 5.13. The Morgan fingerprint density at radius 3 is 2.92 bits per heavy atom. The number of ether oxygens (including phenoxy) is 1. The smallest absolute Gasteiger partial charge is 0.307 e. The lowest BCUT2D eigenvalue weighted by atomic mass is 10.1. The second kappa shape index (κ2) is 8.07. The summed E-state index contributed by atoms with van der Waals surface area (Å²) < 4.78 is 17.7. The van der Waals surface area contributed by atoms with E-state index in [4.69, 9.17) is 11.6 Å². The van der Waals surface area contributed by atoms with Gasteiger partial charge in [0.05, 0.1) is 25.1 Å². The first-order chi connectivity index (χ1) is 11.4. The first kappa shape index (κ1) is 18.2. The van der Waals surface area contributed by atoms with Crippen LogP contribution in [0.2, 0.25) is 5.02 Å². The number of nitrogens with zero attached hydrogens (tertiary/aromatic N) is 1. The molecule has 0 unspecified atom stereocenters. The van der Waals surface area contributed by atoms with Crippen LogP contribution in [0, 0.1) is 5.82 Å². The van der Waals surface area contributed by atoms with Crippen molar-refractivity contribution in [2.45, 2.75) is 12.5 Å². The monoisotopic (exact) mass is 357 g/mol. The van der Waals surface area contributed by atoms with E-state index in [0.29, 0.717) is 18.8 Å². The second-order valence-electron chi connectivity index (χ2n) is 5.23. The number of nitrogens with one attached hydrogen (secondary N) is 2. The quantitative estimate of drug-likeness (QED) is 0.760. The van der Waals surface area contributed by atoms with Crippen molar-refractivity contribution >= 4 is 35.1 Å². The first-order valence-electron chi connectivity index (χ1n) is 7.24. The number of carbonyl (C=O) groups excluding carboxylic acids is 3. The van der Waals surface area contributed by atoms with Gasteiger partial charge >= 0.3 is 5.97 Å². The molecule has 2 amide bonds. The first-order valence-corrected chi connectivity index (χ1v) is 7.62. The SMILES string of the molecule is COC(=O)C[C@H]1C(=O)NCCN1CC(=O)Nc1ccc(F)c(Cl)c1. The molecule has 1 heterocycles. The summed E-state index contributed by atoms with van der Waals surface area (Å²) >= 11 is 5.66. The van der Waals surface area contributed by atoms with Gasteiger partial charge in [-0.3, -0.25) is 19.3 Å². The normalized spacial score (nSPS) is 18.0. The molecule has 1 aromatic rings. The molecule has 2 rings (SSSR count). The highest BCUT2D eigenvalue weighted by Crippen LogP contribution is 2.19. The minimum Gasteiger partial charge on any atom is -0.469 e. The minimum absolute atomic E-state index is 0.0932. The van der Waals surface area contributed by atoms with E-state index in [0.717, 1.165) is 6.07 Å². The largest absolute Gasteiger partial charge is 0.469 e. The highest BCUT2D eigenvalue weighted by atomic mass is 35.5. The van der Waals surface area contributed by atoms with Crippen molar-refractivity contribution in [1.82, 2.24) is 10.2 Å². The van der Waals surface area contributed by atoms with Gasteiger partial charge in [-0.05, 0) is 18.2 Å². The molecule has 7 nitrogen and oxygen atoms in total. The van der Waals surface area contributed by atoms with Gasteiger partial charge in [0.25, 0.3) is 0 Å². The summed E-state index contributed by atoms with van der Waals surface area (Å²) in [6.45, 7) is 0.710. The lowest BCUT2D eigenvalue weighted by Crippen LogP contribution is -2.57. The van der Waals surface area contributed by atoms with Crippen molar-refractivity contribution in [3.05, 3.63) is 29.0 Å². The van der Waals surface area contributed by atoms with Gasteiger partial charge in [0.1, 0.15) is 11.9 Å². The number of amides is 2. The summed E-state index contributed by atoms with van der Waals surface area (Å²) in [5.74, 6) is -1.85. The van der Waals surface area contributed by atoms with Crippen LogP contribution in [0.1, 0.15) is 6.42 Å². The third-order valence-corrected chi connectivity index (χ3v) is 3.87. The molecule has 24 heavy (non-hydrogen) atoms. The van der Waals surface area contributed by atoms with E-state index in [2.05, 4.69) is 15.4 Å². The van der Waals surface area contributed by atoms with Gasteiger partial charge in [-0.15, -0.1) is 0 Å². The van der Waals surface area contributed by atoms with E-state index >= 15 is 0 Å².